The van der Waals surface area contributed by atoms with Gasteiger partial charge in [-0.2, -0.15) is 0 Å². The number of aliphatic imine (C=N–C) groups is 2. The Balaban J connectivity index is 1.67. The topological polar surface area (TPSA) is 40.0 Å². The fourth-order valence-electron chi connectivity index (χ4n) is 3.36. The highest BCUT2D eigenvalue weighted by Crippen LogP contribution is 2.39. The van der Waals surface area contributed by atoms with Crippen LogP contribution >= 0.6 is 0 Å². The first-order valence-electron chi connectivity index (χ1n) is 8.48. The summed E-state index contributed by atoms with van der Waals surface area (Å²) in [6, 6.07) is 16.8. The minimum Gasteiger partial charge on any atom is -0.309 e. The molecule has 0 bridgehead atoms. The Morgan fingerprint density at radius 2 is 1.71 bits per heavy atom. The van der Waals surface area contributed by atoms with Crippen molar-refractivity contribution in [3.05, 3.63) is 59.7 Å². The monoisotopic (exact) mass is 318 g/mol. The number of fused-ring (bicyclic) bond motifs is 4. The summed E-state index contributed by atoms with van der Waals surface area (Å²) in [5.74, 6) is 0. The number of benzene rings is 2. The fourth-order valence-corrected chi connectivity index (χ4v) is 3.36. The fraction of sp³-hybridized carbons (Fsp3) is 0.300. The number of hydrogen-bond donors (Lipinski definition) is 1. The van der Waals surface area contributed by atoms with Crippen molar-refractivity contribution in [3.63, 3.8) is 0 Å². The Hall–Kier alpha value is -2.30. The second kappa shape index (κ2) is 6.30. The molecular weight excluding hydrogens is 296 g/mol. The first-order valence-corrected chi connectivity index (χ1v) is 8.48. The Labute approximate surface area is 142 Å². The quantitative estimate of drug-likeness (QED) is 0.857. The molecule has 2 aromatic carbocycles. The molecule has 0 aromatic heterocycles. The van der Waals surface area contributed by atoms with Gasteiger partial charge in [0.05, 0.1) is 28.8 Å². The maximum atomic E-state index is 4.89. The predicted molar refractivity (Wildman–Crippen MR) is 100 cm³/mol. The van der Waals surface area contributed by atoms with Gasteiger partial charge in [-0.05, 0) is 45.7 Å². The molecule has 1 N–H and O–H groups in total. The summed E-state index contributed by atoms with van der Waals surface area (Å²) in [7, 11) is 4.22. The van der Waals surface area contributed by atoms with Crippen LogP contribution in [0.1, 0.15) is 23.6 Å². The number of nitrogens with one attached hydrogen (secondary N) is 1. The second-order valence-corrected chi connectivity index (χ2v) is 6.58. The standard InChI is InChI=1S/C20H22N4/c1-24(2)13-7-12-21-18-14-8-3-5-10-16(14)22-19-15-9-4-6-11-17(15)23-20(18)19/h3-6,8-11,18,21H,7,12-13H2,1-2H3. The van der Waals surface area contributed by atoms with Crippen LogP contribution in [0.3, 0.4) is 0 Å². The molecule has 0 radical (unpaired) electrons. The van der Waals surface area contributed by atoms with Gasteiger partial charge in [0.25, 0.3) is 0 Å². The molecule has 4 rings (SSSR count). The zero-order valence-corrected chi connectivity index (χ0v) is 14.2. The molecule has 1 atom stereocenters. The van der Waals surface area contributed by atoms with E-state index in [-0.39, 0.29) is 6.04 Å². The van der Waals surface area contributed by atoms with Crippen LogP contribution in [-0.2, 0) is 0 Å². The van der Waals surface area contributed by atoms with Crippen LogP contribution in [0.2, 0.25) is 0 Å². The normalized spacial score (nSPS) is 17.9. The van der Waals surface area contributed by atoms with Gasteiger partial charge in [-0.15, -0.1) is 0 Å². The summed E-state index contributed by atoms with van der Waals surface area (Å²) in [5.41, 5.74) is 6.52. The van der Waals surface area contributed by atoms with E-state index in [0.29, 0.717) is 0 Å². The lowest BCUT2D eigenvalue weighted by atomic mass is 9.92. The van der Waals surface area contributed by atoms with Crippen molar-refractivity contribution in [2.45, 2.75) is 12.5 Å². The Bertz CT molecular complexity index is 820. The highest BCUT2D eigenvalue weighted by molar-refractivity contribution is 6.54. The highest BCUT2D eigenvalue weighted by atomic mass is 15.1. The summed E-state index contributed by atoms with van der Waals surface area (Å²) in [5, 5.41) is 3.70. The Kier molecular flexibility index (Phi) is 4.00. The van der Waals surface area contributed by atoms with Crippen LogP contribution in [0.25, 0.3) is 0 Å². The van der Waals surface area contributed by atoms with Crippen LogP contribution in [-0.4, -0.2) is 43.5 Å². The van der Waals surface area contributed by atoms with Gasteiger partial charge in [0.2, 0.25) is 0 Å². The summed E-state index contributed by atoms with van der Waals surface area (Å²) in [6.07, 6.45) is 1.11. The third-order valence-electron chi connectivity index (χ3n) is 4.53. The molecule has 4 heteroatoms. The molecule has 2 aliphatic rings. The average Bonchev–Trinajstić information content (AvgIpc) is 2.96. The highest BCUT2D eigenvalue weighted by Gasteiger charge is 2.34. The van der Waals surface area contributed by atoms with E-state index in [2.05, 4.69) is 66.8 Å². The first-order chi connectivity index (χ1) is 11.7. The van der Waals surface area contributed by atoms with Crippen LogP contribution < -0.4 is 5.32 Å². The van der Waals surface area contributed by atoms with Gasteiger partial charge in [0, 0.05) is 11.1 Å². The molecule has 0 saturated carbocycles. The molecule has 0 amide bonds. The molecule has 0 aliphatic carbocycles. The number of rotatable bonds is 5. The number of para-hydroxylation sites is 2. The zero-order chi connectivity index (χ0) is 16.5. The molecule has 0 spiro atoms. The third-order valence-corrected chi connectivity index (χ3v) is 4.53. The molecular formula is C20H22N4. The van der Waals surface area contributed by atoms with Crippen molar-refractivity contribution >= 4 is 22.8 Å². The summed E-state index contributed by atoms with van der Waals surface area (Å²) >= 11 is 0. The third kappa shape index (κ3) is 2.68. The SMILES string of the molecule is CN(C)CCCNC1C2=Nc3ccccc3C2=Nc2ccccc21. The van der Waals surface area contributed by atoms with Crippen LogP contribution in [0, 0.1) is 0 Å². The maximum Gasteiger partial charge on any atom is 0.0965 e. The molecule has 0 fully saturated rings. The lowest BCUT2D eigenvalue weighted by Crippen LogP contribution is -2.35. The summed E-state index contributed by atoms with van der Waals surface area (Å²) in [4.78, 5) is 12.0. The lowest BCUT2D eigenvalue weighted by molar-refractivity contribution is 0.393. The lowest BCUT2D eigenvalue weighted by Gasteiger charge is -2.25. The van der Waals surface area contributed by atoms with E-state index < -0.39 is 0 Å². The van der Waals surface area contributed by atoms with E-state index in [4.69, 9.17) is 9.98 Å². The summed E-state index contributed by atoms with van der Waals surface area (Å²) in [6.45, 7) is 2.04. The zero-order valence-electron chi connectivity index (χ0n) is 14.2. The molecule has 4 nitrogen and oxygen atoms in total. The van der Waals surface area contributed by atoms with Crippen LogP contribution in [0.4, 0.5) is 11.4 Å². The second-order valence-electron chi connectivity index (χ2n) is 6.58. The van der Waals surface area contributed by atoms with Gasteiger partial charge in [0.1, 0.15) is 0 Å². The van der Waals surface area contributed by atoms with E-state index in [1.165, 1.54) is 5.56 Å². The van der Waals surface area contributed by atoms with Crippen molar-refractivity contribution in [1.29, 1.82) is 0 Å². The number of hydrogen-bond acceptors (Lipinski definition) is 4. The van der Waals surface area contributed by atoms with E-state index in [0.717, 1.165) is 47.9 Å². The van der Waals surface area contributed by atoms with Crippen LogP contribution in [0.15, 0.2) is 58.5 Å². The van der Waals surface area contributed by atoms with E-state index in [1.807, 2.05) is 6.07 Å². The minimum atomic E-state index is 0.114. The van der Waals surface area contributed by atoms with E-state index >= 15 is 0 Å². The molecule has 122 valence electrons. The molecule has 1 unspecified atom stereocenters. The number of nitrogens with zero attached hydrogens (tertiary/aromatic N) is 3. The van der Waals surface area contributed by atoms with Gasteiger partial charge in [0.15, 0.2) is 0 Å². The van der Waals surface area contributed by atoms with Crippen molar-refractivity contribution < 1.29 is 0 Å². The van der Waals surface area contributed by atoms with E-state index in [9.17, 15) is 0 Å². The summed E-state index contributed by atoms with van der Waals surface area (Å²) < 4.78 is 0. The largest absolute Gasteiger partial charge is 0.309 e. The molecule has 0 saturated heterocycles. The molecule has 2 aromatic rings. The minimum absolute atomic E-state index is 0.114. The Morgan fingerprint density at radius 1 is 0.958 bits per heavy atom. The average molecular weight is 318 g/mol. The Morgan fingerprint density at radius 3 is 2.54 bits per heavy atom. The first kappa shape index (κ1) is 15.2. The molecule has 2 aliphatic heterocycles. The van der Waals surface area contributed by atoms with Gasteiger partial charge in [-0.1, -0.05) is 36.4 Å². The molecule has 24 heavy (non-hydrogen) atoms. The van der Waals surface area contributed by atoms with Crippen molar-refractivity contribution in [2.24, 2.45) is 9.98 Å². The van der Waals surface area contributed by atoms with Crippen molar-refractivity contribution in [1.82, 2.24) is 10.2 Å². The van der Waals surface area contributed by atoms with Crippen molar-refractivity contribution in [2.75, 3.05) is 27.2 Å². The predicted octanol–water partition coefficient (Wildman–Crippen LogP) is 3.49. The van der Waals surface area contributed by atoms with Gasteiger partial charge in [-0.3, -0.25) is 0 Å². The molecule has 2 heterocycles. The van der Waals surface area contributed by atoms with Gasteiger partial charge in [-0.25, -0.2) is 9.98 Å². The van der Waals surface area contributed by atoms with E-state index in [1.54, 1.807) is 0 Å². The van der Waals surface area contributed by atoms with Crippen molar-refractivity contribution in [3.8, 4) is 0 Å². The van der Waals surface area contributed by atoms with Gasteiger partial charge < -0.3 is 10.2 Å². The van der Waals surface area contributed by atoms with Gasteiger partial charge >= 0.3 is 0 Å². The maximum absolute atomic E-state index is 4.89. The van der Waals surface area contributed by atoms with Crippen LogP contribution in [0.5, 0.6) is 0 Å². The smallest absolute Gasteiger partial charge is 0.0965 e.